The largest absolute Gasteiger partial charge is 0.336 e. The van der Waals surface area contributed by atoms with Gasteiger partial charge in [0.2, 0.25) is 11.8 Å². The highest BCUT2D eigenvalue weighted by Crippen LogP contribution is 2.43. The summed E-state index contributed by atoms with van der Waals surface area (Å²) in [5, 5.41) is 4.96. The Labute approximate surface area is 186 Å². The van der Waals surface area contributed by atoms with Crippen molar-refractivity contribution < 1.29 is 9.59 Å². The fourth-order valence-electron chi connectivity index (χ4n) is 5.45. The van der Waals surface area contributed by atoms with Crippen LogP contribution < -0.4 is 5.32 Å². The van der Waals surface area contributed by atoms with Crippen LogP contribution in [0.25, 0.3) is 10.3 Å². The van der Waals surface area contributed by atoms with Crippen molar-refractivity contribution in [3.8, 4) is 0 Å². The summed E-state index contributed by atoms with van der Waals surface area (Å²) >= 11 is 1.48. The monoisotopic (exact) mass is 442 g/mol. The van der Waals surface area contributed by atoms with Gasteiger partial charge in [-0.3, -0.25) is 9.59 Å². The molecule has 3 saturated heterocycles. The first-order valence-corrected chi connectivity index (χ1v) is 12.3. The lowest BCUT2D eigenvalue weighted by Gasteiger charge is -2.34. The number of aromatic nitrogens is 2. The summed E-state index contributed by atoms with van der Waals surface area (Å²) < 4.78 is 0. The molecule has 2 aromatic heterocycles. The highest BCUT2D eigenvalue weighted by Gasteiger charge is 2.50. The minimum absolute atomic E-state index is 0.00559. The van der Waals surface area contributed by atoms with E-state index in [0.717, 1.165) is 74.6 Å². The zero-order valence-electron chi connectivity index (χ0n) is 18.0. The highest BCUT2D eigenvalue weighted by molar-refractivity contribution is 7.17. The van der Waals surface area contributed by atoms with Gasteiger partial charge in [-0.15, -0.1) is 11.3 Å². The van der Waals surface area contributed by atoms with E-state index in [9.17, 15) is 9.59 Å². The maximum Gasteiger partial charge on any atom is 0.229 e. The third-order valence-electron chi connectivity index (χ3n) is 7.18. The van der Waals surface area contributed by atoms with Crippen molar-refractivity contribution in [2.75, 3.05) is 44.6 Å². The summed E-state index contributed by atoms with van der Waals surface area (Å²) in [7, 11) is 0. The van der Waals surface area contributed by atoms with Crippen LogP contribution in [0, 0.1) is 5.92 Å². The average Bonchev–Trinajstić information content (AvgIpc) is 3.51. The first-order valence-electron chi connectivity index (χ1n) is 11.4. The maximum atomic E-state index is 13.1. The van der Waals surface area contributed by atoms with Crippen LogP contribution in [-0.2, 0) is 9.59 Å². The number of fused-ring (bicyclic) bond motifs is 3. The fourth-order valence-corrected chi connectivity index (χ4v) is 6.25. The van der Waals surface area contributed by atoms with Gasteiger partial charge >= 0.3 is 0 Å². The standard InChI is InChI=1S/C22H30N6O2S/c1-2-26-9-11-27(12-10-26)8-5-19(29)28-15-3-4-18(28)16(13-15)21(30)25-17-14-31-22-20(17)23-6-7-24-22/h6-7,14-16,18H,2-5,8-13H2,1H3,(H,25,30)/t15-,16+,18+/m0/s1. The number of carbonyl (C=O) groups excluding carboxylic acids is 2. The SMILES string of the molecule is CCN1CCN(CCC(=O)N2[C@H]3CC[C@@H]2[C@H](C(=O)Nc2csc4nccnc24)C3)CC1. The second-order valence-corrected chi connectivity index (χ2v) is 9.67. The molecule has 2 bridgehead atoms. The van der Waals surface area contributed by atoms with Crippen molar-refractivity contribution in [3.63, 3.8) is 0 Å². The number of hydrogen-bond donors (Lipinski definition) is 1. The van der Waals surface area contributed by atoms with E-state index in [0.29, 0.717) is 6.42 Å². The molecule has 2 aromatic rings. The Morgan fingerprint density at radius 1 is 1.13 bits per heavy atom. The predicted octanol–water partition coefficient (Wildman–Crippen LogP) is 2.04. The summed E-state index contributed by atoms with van der Waals surface area (Å²) in [5.41, 5.74) is 1.46. The van der Waals surface area contributed by atoms with Gasteiger partial charge in [-0.1, -0.05) is 6.92 Å². The van der Waals surface area contributed by atoms with Gasteiger partial charge in [0.25, 0.3) is 0 Å². The first kappa shape index (κ1) is 20.8. The lowest BCUT2D eigenvalue weighted by Crippen LogP contribution is -2.47. The van der Waals surface area contributed by atoms with Crippen LogP contribution in [0.3, 0.4) is 0 Å². The van der Waals surface area contributed by atoms with Crippen LogP contribution >= 0.6 is 11.3 Å². The number of likely N-dealkylation sites (N-methyl/N-ethyl adjacent to an activating group) is 1. The van der Waals surface area contributed by atoms with E-state index in [4.69, 9.17) is 0 Å². The second kappa shape index (κ2) is 8.80. The molecule has 5 rings (SSSR count). The van der Waals surface area contributed by atoms with Crippen LogP contribution in [0.5, 0.6) is 0 Å². The van der Waals surface area contributed by atoms with Gasteiger partial charge in [-0.2, -0.15) is 0 Å². The van der Waals surface area contributed by atoms with E-state index in [-0.39, 0.29) is 29.8 Å². The van der Waals surface area contributed by atoms with E-state index in [1.165, 1.54) is 11.3 Å². The van der Waals surface area contributed by atoms with Gasteiger partial charge in [0.1, 0.15) is 10.3 Å². The molecular formula is C22H30N6O2S. The average molecular weight is 443 g/mol. The number of nitrogens with one attached hydrogen (secondary N) is 1. The molecule has 2 amide bonds. The Kier molecular flexibility index (Phi) is 5.90. The Morgan fingerprint density at radius 2 is 1.90 bits per heavy atom. The number of piperazine rings is 1. The normalized spacial score (nSPS) is 26.6. The number of carbonyl (C=O) groups is 2. The van der Waals surface area contributed by atoms with E-state index < -0.39 is 0 Å². The number of rotatable bonds is 6. The van der Waals surface area contributed by atoms with Crippen molar-refractivity contribution in [2.24, 2.45) is 5.92 Å². The van der Waals surface area contributed by atoms with Crippen molar-refractivity contribution in [1.82, 2.24) is 24.7 Å². The molecule has 3 atom stereocenters. The van der Waals surface area contributed by atoms with Gasteiger partial charge < -0.3 is 20.0 Å². The zero-order valence-corrected chi connectivity index (χ0v) is 18.8. The van der Waals surface area contributed by atoms with Crippen molar-refractivity contribution >= 4 is 39.2 Å². The Morgan fingerprint density at radius 3 is 2.71 bits per heavy atom. The topological polar surface area (TPSA) is 81.7 Å². The van der Waals surface area contributed by atoms with E-state index >= 15 is 0 Å². The molecule has 0 unspecified atom stereocenters. The molecule has 8 nitrogen and oxygen atoms in total. The lowest BCUT2D eigenvalue weighted by molar-refractivity contribution is -0.133. The third kappa shape index (κ3) is 4.06. The fraction of sp³-hybridized carbons (Fsp3) is 0.636. The van der Waals surface area contributed by atoms with Gasteiger partial charge in [-0.05, 0) is 25.8 Å². The molecule has 3 aliphatic heterocycles. The summed E-state index contributed by atoms with van der Waals surface area (Å²) in [6.07, 6.45) is 6.57. The van der Waals surface area contributed by atoms with Gasteiger partial charge in [0.05, 0.1) is 11.6 Å². The van der Waals surface area contributed by atoms with Crippen molar-refractivity contribution in [2.45, 2.75) is 44.7 Å². The number of nitrogens with zero attached hydrogens (tertiary/aromatic N) is 5. The van der Waals surface area contributed by atoms with Gasteiger partial charge in [0.15, 0.2) is 0 Å². The summed E-state index contributed by atoms with van der Waals surface area (Å²) in [6, 6.07) is 0.245. The number of thiophene rings is 1. The smallest absolute Gasteiger partial charge is 0.229 e. The molecule has 9 heteroatoms. The molecule has 0 aromatic carbocycles. The Hall–Kier alpha value is -2.10. The lowest BCUT2D eigenvalue weighted by atomic mass is 9.88. The number of anilines is 1. The number of amides is 2. The molecule has 166 valence electrons. The van der Waals surface area contributed by atoms with Crippen LogP contribution in [0.2, 0.25) is 0 Å². The minimum Gasteiger partial charge on any atom is -0.336 e. The summed E-state index contributed by atoms with van der Waals surface area (Å²) in [4.78, 5) is 42.5. The molecule has 0 aliphatic carbocycles. The zero-order chi connectivity index (χ0) is 21.4. The van der Waals surface area contributed by atoms with E-state index in [1.54, 1.807) is 12.4 Å². The molecule has 3 fully saturated rings. The van der Waals surface area contributed by atoms with E-state index in [1.807, 2.05) is 10.3 Å². The number of hydrogen-bond acceptors (Lipinski definition) is 7. The molecule has 0 spiro atoms. The molecule has 0 radical (unpaired) electrons. The van der Waals surface area contributed by atoms with Crippen LogP contribution in [0.1, 0.15) is 32.6 Å². The Balaban J connectivity index is 1.18. The van der Waals surface area contributed by atoms with Crippen molar-refractivity contribution in [3.05, 3.63) is 17.8 Å². The molecular weight excluding hydrogens is 412 g/mol. The van der Waals surface area contributed by atoms with E-state index in [2.05, 4.69) is 32.0 Å². The third-order valence-corrected chi connectivity index (χ3v) is 8.06. The molecule has 3 aliphatic rings. The summed E-state index contributed by atoms with van der Waals surface area (Å²) in [5.74, 6) is 0.0843. The Bertz CT molecular complexity index is 956. The predicted molar refractivity (Wildman–Crippen MR) is 121 cm³/mol. The molecule has 31 heavy (non-hydrogen) atoms. The van der Waals surface area contributed by atoms with Crippen molar-refractivity contribution in [1.29, 1.82) is 0 Å². The van der Waals surface area contributed by atoms with Crippen LogP contribution in [0.15, 0.2) is 17.8 Å². The summed E-state index contributed by atoms with van der Waals surface area (Å²) in [6.45, 7) is 8.37. The van der Waals surface area contributed by atoms with Crippen LogP contribution in [0.4, 0.5) is 5.69 Å². The van der Waals surface area contributed by atoms with Gasteiger partial charge in [-0.25, -0.2) is 9.97 Å². The highest BCUT2D eigenvalue weighted by atomic mass is 32.1. The maximum absolute atomic E-state index is 13.1. The quantitative estimate of drug-likeness (QED) is 0.737. The van der Waals surface area contributed by atoms with Crippen LogP contribution in [-0.4, -0.2) is 87.8 Å². The minimum atomic E-state index is -0.137. The first-order chi connectivity index (χ1) is 15.1. The van der Waals surface area contributed by atoms with Gasteiger partial charge in [0, 0.05) is 69.0 Å². The molecule has 1 N–H and O–H groups in total. The molecule has 0 saturated carbocycles. The second-order valence-electron chi connectivity index (χ2n) is 8.82. The molecule has 5 heterocycles.